The van der Waals surface area contributed by atoms with Crippen molar-refractivity contribution < 1.29 is 32.7 Å². The number of thioether (sulfide) groups is 1. The molecule has 1 aliphatic carbocycles. The highest BCUT2D eigenvalue weighted by Gasteiger charge is 2.71. The van der Waals surface area contributed by atoms with Gasteiger partial charge in [0.1, 0.15) is 34.1 Å². The zero-order valence-electron chi connectivity index (χ0n) is 32.5. The largest absolute Gasteiger partial charge is 0.443 e. The Balaban J connectivity index is 1.36. The number of nitrogens with zero attached hydrogens (tertiary/aromatic N) is 8. The van der Waals surface area contributed by atoms with Crippen LogP contribution in [-0.4, -0.2) is 96.5 Å². The summed E-state index contributed by atoms with van der Waals surface area (Å²) < 4.78 is 41.9. The summed E-state index contributed by atoms with van der Waals surface area (Å²) in [6.45, 7) is 19.5. The molecule has 3 aromatic heterocycles. The lowest BCUT2D eigenvalue weighted by Gasteiger charge is -2.38. The fourth-order valence-corrected chi connectivity index (χ4v) is 8.03. The molecule has 0 unspecified atom stereocenters. The Morgan fingerprint density at radius 2 is 1.93 bits per heavy atom. The van der Waals surface area contributed by atoms with Gasteiger partial charge in [-0.15, -0.1) is 5.10 Å². The third-order valence-electron chi connectivity index (χ3n) is 8.84. The van der Waals surface area contributed by atoms with E-state index in [0.717, 1.165) is 28.7 Å². The predicted molar refractivity (Wildman–Crippen MR) is 210 cm³/mol. The van der Waals surface area contributed by atoms with E-state index in [4.69, 9.17) is 19.3 Å². The molecule has 294 valence electrons. The first-order chi connectivity index (χ1) is 25.8. The molecule has 5 rings (SSSR count). The molecule has 3 atom stereocenters. The number of hydrogen-bond acceptors (Lipinski definition) is 12. The molecule has 14 nitrogen and oxygen atoms in total. The summed E-state index contributed by atoms with van der Waals surface area (Å²) in [5.74, 6) is -2.12. The second kappa shape index (κ2) is 16.1. The van der Waals surface area contributed by atoms with Crippen molar-refractivity contribution in [3.8, 4) is 5.88 Å². The molecule has 0 spiro atoms. The number of allylic oxidation sites excluding steroid dienone is 4. The Morgan fingerprint density at radius 1 is 1.18 bits per heavy atom. The van der Waals surface area contributed by atoms with Crippen LogP contribution in [0.2, 0.25) is 25.7 Å². The number of ether oxygens (including phenoxy) is 2. The van der Waals surface area contributed by atoms with Crippen LogP contribution in [0.4, 0.5) is 13.6 Å². The van der Waals surface area contributed by atoms with Crippen molar-refractivity contribution in [1.29, 1.82) is 0 Å². The van der Waals surface area contributed by atoms with Gasteiger partial charge in [-0.05, 0) is 82.2 Å². The fourth-order valence-electron chi connectivity index (χ4n) is 5.66. The van der Waals surface area contributed by atoms with E-state index in [-0.39, 0.29) is 35.0 Å². The Labute approximate surface area is 324 Å². The lowest BCUT2D eigenvalue weighted by Crippen LogP contribution is -2.49. The van der Waals surface area contributed by atoms with Gasteiger partial charge in [-0.2, -0.15) is 0 Å². The van der Waals surface area contributed by atoms with Crippen LogP contribution in [0.1, 0.15) is 46.7 Å². The number of pyridine rings is 1. The molecule has 3 aromatic rings. The molecular weight excluding hydrogens is 749 g/mol. The van der Waals surface area contributed by atoms with E-state index in [2.05, 4.69) is 56.8 Å². The molecule has 18 heteroatoms. The zero-order chi connectivity index (χ0) is 40.3. The molecule has 0 saturated heterocycles. The van der Waals surface area contributed by atoms with Gasteiger partial charge in [-0.1, -0.05) is 48.9 Å². The summed E-state index contributed by atoms with van der Waals surface area (Å²) >= 11 is 1.14. The van der Waals surface area contributed by atoms with Crippen LogP contribution in [0.15, 0.2) is 77.5 Å². The zero-order valence-corrected chi connectivity index (χ0v) is 34.3. The molecule has 2 aliphatic rings. The van der Waals surface area contributed by atoms with Crippen molar-refractivity contribution in [2.45, 2.75) is 82.6 Å². The summed E-state index contributed by atoms with van der Waals surface area (Å²) in [7, 11) is 0.0939. The quantitative estimate of drug-likeness (QED) is 0.0819. The number of rotatable bonds is 13. The van der Waals surface area contributed by atoms with Crippen molar-refractivity contribution in [3.63, 3.8) is 0 Å². The maximum absolute atomic E-state index is 16.1. The number of aliphatic imine (C=N–C) groups is 1. The molecule has 2 amide bonds. The summed E-state index contributed by atoms with van der Waals surface area (Å²) in [6.07, 6.45) is 7.36. The first-order valence-corrected chi connectivity index (χ1v) is 22.2. The Kier molecular flexibility index (Phi) is 12.1. The number of carbonyl (C=O) groups excluding carboxylic acids is 2. The first-order valence-electron chi connectivity index (χ1n) is 17.6. The molecule has 1 N–H and O–H groups in total. The van der Waals surface area contributed by atoms with Gasteiger partial charge >= 0.3 is 6.09 Å². The maximum atomic E-state index is 16.1. The SMILES string of the molecule is C=C(\C(F)=C/C=C(C)/C=C(\F)c1cnc(On2nnc3cccnc32)cn1)[C@@]1(C)N=C(N(COCC[Si](C)(C)C)C(=O)OC(C)(C)C)S[C@@]2(C(=O)NC)C[C@@H]12. The average Bonchev–Trinajstić information content (AvgIpc) is 3.76. The molecule has 55 heavy (non-hydrogen) atoms. The van der Waals surface area contributed by atoms with E-state index in [1.807, 2.05) is 0 Å². The maximum Gasteiger partial charge on any atom is 0.418 e. The van der Waals surface area contributed by atoms with Crippen LogP contribution in [0.5, 0.6) is 5.88 Å². The Hall–Kier alpha value is -4.81. The minimum Gasteiger partial charge on any atom is -0.443 e. The Morgan fingerprint density at radius 3 is 2.58 bits per heavy atom. The monoisotopic (exact) mass is 795 g/mol. The van der Waals surface area contributed by atoms with Crippen molar-refractivity contribution in [1.82, 2.24) is 40.3 Å². The predicted octanol–water partition coefficient (Wildman–Crippen LogP) is 7.04. The second-order valence-electron chi connectivity index (χ2n) is 15.7. The molecule has 1 saturated carbocycles. The van der Waals surface area contributed by atoms with Crippen LogP contribution >= 0.6 is 11.8 Å². The van der Waals surface area contributed by atoms with E-state index in [9.17, 15) is 9.59 Å². The number of aromatic nitrogens is 6. The van der Waals surface area contributed by atoms with Gasteiger partial charge in [0.15, 0.2) is 11.0 Å². The fraction of sp³-hybridized carbons (Fsp3) is 0.459. The minimum atomic E-state index is -1.44. The molecule has 0 radical (unpaired) electrons. The van der Waals surface area contributed by atoms with Gasteiger partial charge < -0.3 is 19.6 Å². The normalized spacial score (nSPS) is 21.8. The third kappa shape index (κ3) is 9.71. The van der Waals surface area contributed by atoms with Gasteiger partial charge in [0, 0.05) is 39.4 Å². The molecule has 0 bridgehead atoms. The summed E-state index contributed by atoms with van der Waals surface area (Å²) in [6, 6.07) is 4.30. The van der Waals surface area contributed by atoms with Gasteiger partial charge in [0.25, 0.3) is 5.88 Å². The van der Waals surface area contributed by atoms with E-state index in [0.29, 0.717) is 29.8 Å². The number of fused-ring (bicyclic) bond motifs is 2. The molecule has 1 fully saturated rings. The van der Waals surface area contributed by atoms with Crippen molar-refractivity contribution in [2.24, 2.45) is 10.9 Å². The highest BCUT2D eigenvalue weighted by Crippen LogP contribution is 2.65. The summed E-state index contributed by atoms with van der Waals surface area (Å²) in [4.78, 5) is 52.1. The smallest absolute Gasteiger partial charge is 0.418 e. The van der Waals surface area contributed by atoms with Gasteiger partial charge in [-0.3, -0.25) is 9.79 Å². The van der Waals surface area contributed by atoms with Crippen molar-refractivity contribution >= 4 is 54.0 Å². The number of halogens is 2. The number of nitrogens with one attached hydrogen (secondary N) is 1. The third-order valence-corrected chi connectivity index (χ3v) is 12.0. The van der Waals surface area contributed by atoms with Crippen LogP contribution in [0.3, 0.4) is 0 Å². The van der Waals surface area contributed by atoms with E-state index >= 15 is 8.78 Å². The van der Waals surface area contributed by atoms with E-state index < -0.39 is 47.6 Å². The van der Waals surface area contributed by atoms with E-state index in [1.165, 1.54) is 36.5 Å². The average molecular weight is 796 g/mol. The van der Waals surface area contributed by atoms with Gasteiger partial charge in [0.2, 0.25) is 11.6 Å². The minimum absolute atomic E-state index is 0.00446. The summed E-state index contributed by atoms with van der Waals surface area (Å²) in [5.41, 5.74) is -1.000. The van der Waals surface area contributed by atoms with Crippen molar-refractivity contribution in [3.05, 3.63) is 78.2 Å². The van der Waals surface area contributed by atoms with Gasteiger partial charge in [0.05, 0.1) is 17.9 Å². The van der Waals surface area contributed by atoms with Crippen molar-refractivity contribution in [2.75, 3.05) is 20.4 Å². The van der Waals surface area contributed by atoms with Crippen LogP contribution < -0.4 is 10.2 Å². The summed E-state index contributed by atoms with van der Waals surface area (Å²) in [5, 5.41) is 10.7. The highest BCUT2D eigenvalue weighted by atomic mass is 32.2. The number of amidine groups is 1. The van der Waals surface area contributed by atoms with Crippen LogP contribution in [0, 0.1) is 5.92 Å². The van der Waals surface area contributed by atoms with Crippen LogP contribution in [-0.2, 0) is 14.3 Å². The standard InChI is InChI=1S/C37H47F2N9O5SSi/c1-23(18-26(39)28-20-43-30(21-42-28)53-48-31-27(45-46-48)12-11-15-41-31)13-14-25(38)24(2)36(6)29-19-37(29,32(49)40-7)54-33(44-36)47(34(50)52-35(3,4)5)22-51-16-17-55(8,9)10/h11-15,18,20-21,29H,2,16-17,19,22H2,1,3-10H3,(H,40,49)/b23-13+,25-14+,26-18-/t29-,36+,37-/m0/s1. The highest BCUT2D eigenvalue weighted by molar-refractivity contribution is 8.16. The number of amides is 2. The molecule has 1 aliphatic heterocycles. The lowest BCUT2D eigenvalue weighted by molar-refractivity contribution is -0.121. The molecular formula is C37H47F2N9O5SSi. The number of hydrogen-bond donors (Lipinski definition) is 1. The molecule has 4 heterocycles. The molecule has 0 aromatic carbocycles. The Bertz CT molecular complexity index is 2080. The number of carbonyl (C=O) groups is 2. The van der Waals surface area contributed by atoms with Gasteiger partial charge in [-0.25, -0.2) is 33.4 Å². The first kappa shape index (κ1) is 41.4. The second-order valence-corrected chi connectivity index (χ2v) is 22.6. The van der Waals surface area contributed by atoms with E-state index in [1.54, 1.807) is 52.9 Å². The lowest BCUT2D eigenvalue weighted by atomic mass is 9.85. The van der Waals surface area contributed by atoms with Crippen LogP contribution in [0.25, 0.3) is 17.0 Å². The topological polar surface area (TPSA) is 159 Å².